The third-order valence-corrected chi connectivity index (χ3v) is 10.4. The second-order valence-electron chi connectivity index (χ2n) is 14.8. The minimum absolute atomic E-state index is 0.0826. The van der Waals surface area contributed by atoms with Crippen LogP contribution in [-0.4, -0.2) is 81.6 Å². The van der Waals surface area contributed by atoms with E-state index in [-0.39, 0.29) is 12.8 Å². The van der Waals surface area contributed by atoms with Crippen molar-refractivity contribution in [2.45, 2.75) is 180 Å². The summed E-state index contributed by atoms with van der Waals surface area (Å²) in [5.74, 6) is -1.15. The van der Waals surface area contributed by atoms with Crippen molar-refractivity contribution in [2.24, 2.45) is 0 Å². The third-order valence-electron chi connectivity index (χ3n) is 8.95. The van der Waals surface area contributed by atoms with E-state index >= 15 is 0 Å². The van der Waals surface area contributed by atoms with Gasteiger partial charge >= 0.3 is 27.6 Å². The first-order valence-corrected chi connectivity index (χ1v) is 25.1. The highest BCUT2D eigenvalue weighted by molar-refractivity contribution is 7.47. The maximum absolute atomic E-state index is 12.7. The molecule has 0 aromatic heterocycles. The van der Waals surface area contributed by atoms with Crippen LogP contribution in [0.5, 0.6) is 0 Å². The Kier molecular flexibility index (Phi) is 38.1. The third kappa shape index (κ3) is 42.5. The molecule has 0 aliphatic carbocycles. The van der Waals surface area contributed by atoms with E-state index < -0.39 is 72.3 Å². The number of unbranched alkanes of at least 4 members (excludes halogenated alkanes) is 15. The monoisotopic (exact) mass is 892 g/mol. The van der Waals surface area contributed by atoms with Gasteiger partial charge in [0.2, 0.25) is 0 Å². The van der Waals surface area contributed by atoms with Gasteiger partial charge in [-0.05, 0) is 70.6 Å². The van der Waals surface area contributed by atoms with Crippen LogP contribution < -0.4 is 0 Å². The molecule has 348 valence electrons. The highest BCUT2D eigenvalue weighted by atomic mass is 31.2. The minimum Gasteiger partial charge on any atom is -0.462 e. The molecule has 4 atom stereocenters. The summed E-state index contributed by atoms with van der Waals surface area (Å²) in [4.78, 5) is 52.7. The molecule has 0 heterocycles. The lowest BCUT2D eigenvalue weighted by Crippen LogP contribution is -2.30. The van der Waals surface area contributed by atoms with E-state index in [0.717, 1.165) is 51.4 Å². The fourth-order valence-electron chi connectivity index (χ4n) is 5.53. The number of ether oxygens (including phenoxy) is 2. The number of esters is 2. The standard InChI is InChI=1S/C44H78O14P2/c1-3-5-7-9-11-12-13-14-15-16-17-18-22-27-31-35-44(48)58-42(39-57-60(52,53)56-37-41(46)36-55-59(49,50)51)38-54-43(47)34-30-26-23-19-21-25-29-33-40(45)32-28-24-20-10-8-6-4-2/h12-13,19-20,23-25,28-29,32,40-42,45-46H,3-11,14-18,21-22,26-27,30-31,33-39H2,1-2H3,(H,52,53)(H2,49,50,51)/b13-12-,23-19+,24-20-,29-25-,32-28-/t40-,41+,42-/m1/s1. The molecule has 0 fully saturated rings. The molecule has 5 N–H and O–H groups in total. The lowest BCUT2D eigenvalue weighted by Gasteiger charge is -2.20. The van der Waals surface area contributed by atoms with Crippen LogP contribution in [0.15, 0.2) is 60.8 Å². The van der Waals surface area contributed by atoms with Gasteiger partial charge in [0.15, 0.2) is 6.10 Å². The van der Waals surface area contributed by atoms with Crippen LogP contribution in [0.4, 0.5) is 0 Å². The second-order valence-corrected chi connectivity index (χ2v) is 17.5. The summed E-state index contributed by atoms with van der Waals surface area (Å²) < 4.78 is 47.7. The Morgan fingerprint density at radius 1 is 0.550 bits per heavy atom. The Bertz CT molecular complexity index is 1310. The van der Waals surface area contributed by atoms with Crippen LogP contribution in [0.1, 0.15) is 162 Å². The number of hydrogen-bond donors (Lipinski definition) is 5. The number of carbonyl (C=O) groups is 2. The highest BCUT2D eigenvalue weighted by Gasteiger charge is 2.28. The summed E-state index contributed by atoms with van der Waals surface area (Å²) in [6.07, 6.45) is 38.1. The zero-order valence-corrected chi connectivity index (χ0v) is 38.2. The topological polar surface area (TPSA) is 216 Å². The van der Waals surface area contributed by atoms with Gasteiger partial charge in [0, 0.05) is 12.8 Å². The highest BCUT2D eigenvalue weighted by Crippen LogP contribution is 2.43. The summed E-state index contributed by atoms with van der Waals surface area (Å²) in [5, 5.41) is 19.8. The summed E-state index contributed by atoms with van der Waals surface area (Å²) in [7, 11) is -9.71. The summed E-state index contributed by atoms with van der Waals surface area (Å²) in [5.41, 5.74) is 0. The Hall–Kier alpha value is -2.22. The van der Waals surface area contributed by atoms with Crippen molar-refractivity contribution in [3.63, 3.8) is 0 Å². The first kappa shape index (κ1) is 57.8. The van der Waals surface area contributed by atoms with Crippen LogP contribution in [-0.2, 0) is 41.8 Å². The number of allylic oxidation sites excluding steroid dienone is 8. The van der Waals surface area contributed by atoms with Gasteiger partial charge in [0.05, 0.1) is 25.9 Å². The van der Waals surface area contributed by atoms with Crippen LogP contribution in [0.2, 0.25) is 0 Å². The largest absolute Gasteiger partial charge is 0.472 e. The number of hydrogen-bond acceptors (Lipinski definition) is 11. The number of phosphoric acid groups is 2. The lowest BCUT2D eigenvalue weighted by atomic mass is 10.1. The number of carbonyl (C=O) groups excluding carboxylic acids is 2. The zero-order chi connectivity index (χ0) is 44.6. The average Bonchev–Trinajstić information content (AvgIpc) is 3.20. The zero-order valence-electron chi connectivity index (χ0n) is 36.4. The van der Waals surface area contributed by atoms with Crippen molar-refractivity contribution in [1.29, 1.82) is 0 Å². The first-order chi connectivity index (χ1) is 28.8. The van der Waals surface area contributed by atoms with E-state index in [9.17, 15) is 33.8 Å². The van der Waals surface area contributed by atoms with Crippen molar-refractivity contribution in [1.82, 2.24) is 0 Å². The van der Waals surface area contributed by atoms with E-state index in [2.05, 4.69) is 41.1 Å². The average molecular weight is 893 g/mol. The maximum atomic E-state index is 12.7. The Balaban J connectivity index is 4.67. The molecule has 14 nitrogen and oxygen atoms in total. The molecule has 0 saturated carbocycles. The molecule has 0 bridgehead atoms. The lowest BCUT2D eigenvalue weighted by molar-refractivity contribution is -0.161. The van der Waals surface area contributed by atoms with Gasteiger partial charge in [0.25, 0.3) is 0 Å². The molecule has 16 heteroatoms. The van der Waals surface area contributed by atoms with E-state index in [4.69, 9.17) is 23.8 Å². The van der Waals surface area contributed by atoms with Gasteiger partial charge in [-0.1, -0.05) is 139 Å². The minimum atomic E-state index is -4.88. The smallest absolute Gasteiger partial charge is 0.462 e. The molecule has 0 rings (SSSR count). The van der Waals surface area contributed by atoms with Crippen molar-refractivity contribution >= 4 is 27.6 Å². The number of phosphoric ester groups is 2. The molecule has 0 amide bonds. The molecular formula is C44H78O14P2. The van der Waals surface area contributed by atoms with Gasteiger partial charge in [-0.25, -0.2) is 9.13 Å². The summed E-state index contributed by atoms with van der Waals surface area (Å²) in [6, 6.07) is 0. The van der Waals surface area contributed by atoms with Gasteiger partial charge in [-0.3, -0.25) is 23.2 Å². The molecule has 0 saturated heterocycles. The summed E-state index contributed by atoms with van der Waals surface area (Å²) >= 11 is 0. The predicted molar refractivity (Wildman–Crippen MR) is 236 cm³/mol. The summed E-state index contributed by atoms with van der Waals surface area (Å²) in [6.45, 7) is 1.56. The molecule has 1 unspecified atom stereocenters. The number of aliphatic hydroxyl groups excluding tert-OH is 2. The molecule has 0 aliphatic heterocycles. The molecule has 0 spiro atoms. The quantitative estimate of drug-likeness (QED) is 0.0127. The maximum Gasteiger partial charge on any atom is 0.472 e. The molecule has 0 aromatic carbocycles. The van der Waals surface area contributed by atoms with Crippen molar-refractivity contribution < 1.29 is 66.7 Å². The van der Waals surface area contributed by atoms with Crippen molar-refractivity contribution in [2.75, 3.05) is 26.4 Å². The Labute approximate surface area is 360 Å². The van der Waals surface area contributed by atoms with E-state index in [1.807, 2.05) is 36.5 Å². The van der Waals surface area contributed by atoms with Crippen LogP contribution in [0.3, 0.4) is 0 Å². The fourth-order valence-corrected chi connectivity index (χ4v) is 6.69. The van der Waals surface area contributed by atoms with E-state index in [1.54, 1.807) is 6.08 Å². The van der Waals surface area contributed by atoms with Crippen LogP contribution in [0.25, 0.3) is 0 Å². The van der Waals surface area contributed by atoms with Crippen LogP contribution in [0, 0.1) is 0 Å². The second kappa shape index (κ2) is 39.6. The molecule has 0 aliphatic rings. The SMILES string of the molecule is CCCCC/C=C\C=C/[C@@H](O)C/C=C\C/C=C/CCCC(=O)OC[C@H](COP(=O)(O)OC[C@@H](O)COP(=O)(O)O)OC(=O)CCCCCCCCC/C=C\CCCCCC. The predicted octanol–water partition coefficient (Wildman–Crippen LogP) is 10.2. The number of rotatable bonds is 41. The first-order valence-electron chi connectivity index (χ1n) is 22.1. The van der Waals surface area contributed by atoms with Gasteiger partial charge < -0.3 is 34.4 Å². The number of aliphatic hydroxyl groups is 2. The van der Waals surface area contributed by atoms with Gasteiger partial charge in [-0.2, -0.15) is 0 Å². The van der Waals surface area contributed by atoms with Crippen molar-refractivity contribution in [3.05, 3.63) is 60.8 Å². The molecule has 0 radical (unpaired) electrons. The van der Waals surface area contributed by atoms with E-state index in [0.29, 0.717) is 32.1 Å². The van der Waals surface area contributed by atoms with Crippen LogP contribution >= 0.6 is 15.6 Å². The molecule has 60 heavy (non-hydrogen) atoms. The fraction of sp³-hybridized carbons (Fsp3) is 0.727. The van der Waals surface area contributed by atoms with Crippen molar-refractivity contribution in [3.8, 4) is 0 Å². The molecule has 0 aromatic rings. The molecular weight excluding hydrogens is 814 g/mol. The van der Waals surface area contributed by atoms with Gasteiger partial charge in [0.1, 0.15) is 12.7 Å². The Morgan fingerprint density at radius 2 is 1.07 bits per heavy atom. The Morgan fingerprint density at radius 3 is 1.75 bits per heavy atom. The van der Waals surface area contributed by atoms with E-state index in [1.165, 1.54) is 51.4 Å². The van der Waals surface area contributed by atoms with Gasteiger partial charge in [-0.15, -0.1) is 0 Å². The normalized spacial score (nSPS) is 15.1.